The maximum absolute atomic E-state index is 11.3. The Bertz CT molecular complexity index is 222. The normalized spacial score (nSPS) is 23.8. The molecule has 0 aliphatic carbocycles. The van der Waals surface area contributed by atoms with Gasteiger partial charge in [-0.3, -0.25) is 9.59 Å². The second-order valence-corrected chi connectivity index (χ2v) is 3.88. The van der Waals surface area contributed by atoms with Crippen molar-refractivity contribution in [3.63, 3.8) is 0 Å². The number of rotatable bonds is 3. The van der Waals surface area contributed by atoms with E-state index in [-0.39, 0.29) is 23.8 Å². The third-order valence-corrected chi connectivity index (χ3v) is 2.53. The van der Waals surface area contributed by atoms with E-state index in [1.165, 1.54) is 0 Å². The molecule has 0 spiro atoms. The zero-order valence-corrected chi connectivity index (χ0v) is 8.06. The first-order valence-electron chi connectivity index (χ1n) is 3.98. The van der Waals surface area contributed by atoms with E-state index in [9.17, 15) is 9.59 Å². The average molecular weight is 204 g/mol. The van der Waals surface area contributed by atoms with Crippen LogP contribution in [-0.4, -0.2) is 40.7 Å². The molecule has 1 fully saturated rings. The van der Waals surface area contributed by atoms with Crippen molar-refractivity contribution in [3.05, 3.63) is 0 Å². The van der Waals surface area contributed by atoms with Crippen LogP contribution in [-0.2, 0) is 4.79 Å². The summed E-state index contributed by atoms with van der Waals surface area (Å²) in [5.74, 6) is 0.225. The summed E-state index contributed by atoms with van der Waals surface area (Å²) in [5.41, 5.74) is 0. The molecular formula is C7H12N2O3S. The highest BCUT2D eigenvalue weighted by Crippen LogP contribution is 2.12. The first-order chi connectivity index (χ1) is 6.13. The molecule has 2 amide bonds. The average Bonchev–Trinajstić information content (AvgIpc) is 2.51. The highest BCUT2D eigenvalue weighted by atomic mass is 32.2. The van der Waals surface area contributed by atoms with Crippen molar-refractivity contribution < 1.29 is 14.7 Å². The van der Waals surface area contributed by atoms with Crippen molar-refractivity contribution in [1.29, 1.82) is 0 Å². The van der Waals surface area contributed by atoms with Gasteiger partial charge in [0.15, 0.2) is 0 Å². The van der Waals surface area contributed by atoms with Crippen LogP contribution in [0.4, 0.5) is 4.79 Å². The van der Waals surface area contributed by atoms with Crippen LogP contribution in [0, 0.1) is 0 Å². The smallest absolute Gasteiger partial charge is 0.279 e. The maximum Gasteiger partial charge on any atom is 0.279 e. The van der Waals surface area contributed by atoms with Gasteiger partial charge in [0.1, 0.15) is 6.04 Å². The van der Waals surface area contributed by atoms with E-state index in [4.69, 9.17) is 5.11 Å². The predicted octanol–water partition coefficient (Wildman–Crippen LogP) is -0.692. The topological polar surface area (TPSA) is 78.4 Å². The Morgan fingerprint density at radius 3 is 3.08 bits per heavy atom. The second-order valence-electron chi connectivity index (χ2n) is 2.89. The first-order valence-corrected chi connectivity index (χ1v) is 4.96. The summed E-state index contributed by atoms with van der Waals surface area (Å²) >= 11 is 1.10. The van der Waals surface area contributed by atoms with Crippen LogP contribution < -0.4 is 10.6 Å². The number of amides is 2. The number of thioether (sulfide) groups is 1. The van der Waals surface area contributed by atoms with Gasteiger partial charge in [-0.2, -0.15) is 0 Å². The number of hydrogen-bond donors (Lipinski definition) is 3. The Hall–Kier alpha value is -0.750. The molecule has 0 aromatic heterocycles. The molecule has 13 heavy (non-hydrogen) atoms. The standard InChI is InChI=1S/C7H12N2O3S/c1-4(2-10)8-6(11)5-3-13-7(12)9-5/h4-5,10H,2-3H2,1H3,(H,8,11)(H,9,12)/t4-,5?/m1/s1. The molecule has 1 saturated heterocycles. The summed E-state index contributed by atoms with van der Waals surface area (Å²) in [5, 5.41) is 13.6. The summed E-state index contributed by atoms with van der Waals surface area (Å²) in [6.07, 6.45) is 0. The molecule has 1 unspecified atom stereocenters. The van der Waals surface area contributed by atoms with Crippen molar-refractivity contribution in [3.8, 4) is 0 Å². The van der Waals surface area contributed by atoms with Crippen LogP contribution in [0.3, 0.4) is 0 Å². The number of aliphatic hydroxyl groups is 1. The molecule has 74 valence electrons. The third-order valence-electron chi connectivity index (χ3n) is 1.65. The highest BCUT2D eigenvalue weighted by molar-refractivity contribution is 8.14. The van der Waals surface area contributed by atoms with Gasteiger partial charge < -0.3 is 15.7 Å². The predicted molar refractivity (Wildman–Crippen MR) is 49.5 cm³/mol. The fraction of sp³-hybridized carbons (Fsp3) is 0.714. The largest absolute Gasteiger partial charge is 0.394 e. The lowest BCUT2D eigenvalue weighted by Crippen LogP contribution is -2.47. The van der Waals surface area contributed by atoms with Crippen molar-refractivity contribution in [1.82, 2.24) is 10.6 Å². The molecule has 0 bridgehead atoms. The van der Waals surface area contributed by atoms with Crippen molar-refractivity contribution in [2.24, 2.45) is 0 Å². The Kier molecular flexibility index (Phi) is 3.56. The summed E-state index contributed by atoms with van der Waals surface area (Å²) in [6, 6.07) is -0.721. The quantitative estimate of drug-likeness (QED) is 0.568. The van der Waals surface area contributed by atoms with Gasteiger partial charge in [-0.15, -0.1) is 0 Å². The van der Waals surface area contributed by atoms with Gasteiger partial charge in [-0.1, -0.05) is 11.8 Å². The van der Waals surface area contributed by atoms with Crippen LogP contribution in [0.15, 0.2) is 0 Å². The van der Waals surface area contributed by atoms with Crippen LogP contribution >= 0.6 is 11.8 Å². The molecule has 1 heterocycles. The zero-order chi connectivity index (χ0) is 9.84. The molecule has 3 N–H and O–H groups in total. The van der Waals surface area contributed by atoms with E-state index < -0.39 is 6.04 Å². The Balaban J connectivity index is 2.35. The molecular weight excluding hydrogens is 192 g/mol. The van der Waals surface area contributed by atoms with Crippen LogP contribution in [0.2, 0.25) is 0 Å². The maximum atomic E-state index is 11.3. The molecule has 1 aliphatic heterocycles. The van der Waals surface area contributed by atoms with Gasteiger partial charge in [-0.05, 0) is 6.92 Å². The number of nitrogens with one attached hydrogen (secondary N) is 2. The summed E-state index contributed by atoms with van der Waals surface area (Å²) < 4.78 is 0. The minimum absolute atomic E-state index is 0.0977. The Morgan fingerprint density at radius 1 is 1.92 bits per heavy atom. The Labute approximate surface area is 80.3 Å². The van der Waals surface area contributed by atoms with Gasteiger partial charge in [-0.25, -0.2) is 0 Å². The SMILES string of the molecule is C[C@H](CO)NC(=O)C1CSC(=O)N1. The van der Waals surface area contributed by atoms with Crippen molar-refractivity contribution >= 4 is 22.9 Å². The molecule has 1 rings (SSSR count). The molecule has 5 nitrogen and oxygen atoms in total. The van der Waals surface area contributed by atoms with Crippen LogP contribution in [0.25, 0.3) is 0 Å². The fourth-order valence-electron chi connectivity index (χ4n) is 0.915. The van der Waals surface area contributed by atoms with Crippen LogP contribution in [0.5, 0.6) is 0 Å². The summed E-state index contributed by atoms with van der Waals surface area (Å²) in [6.45, 7) is 1.60. The van der Waals surface area contributed by atoms with Crippen molar-refractivity contribution in [2.45, 2.75) is 19.0 Å². The van der Waals surface area contributed by atoms with E-state index in [0.29, 0.717) is 5.75 Å². The van der Waals surface area contributed by atoms with E-state index in [0.717, 1.165) is 11.8 Å². The molecule has 0 radical (unpaired) electrons. The first kappa shape index (κ1) is 10.3. The van der Waals surface area contributed by atoms with E-state index in [2.05, 4.69) is 10.6 Å². The van der Waals surface area contributed by atoms with E-state index >= 15 is 0 Å². The third kappa shape index (κ3) is 2.89. The van der Waals surface area contributed by atoms with Crippen molar-refractivity contribution in [2.75, 3.05) is 12.4 Å². The number of carbonyl (C=O) groups is 2. The highest BCUT2D eigenvalue weighted by Gasteiger charge is 2.28. The van der Waals surface area contributed by atoms with Gasteiger partial charge in [0.25, 0.3) is 5.24 Å². The fourth-order valence-corrected chi connectivity index (χ4v) is 1.69. The van der Waals surface area contributed by atoms with Gasteiger partial charge >= 0.3 is 0 Å². The molecule has 2 atom stereocenters. The lowest BCUT2D eigenvalue weighted by Gasteiger charge is -2.14. The van der Waals surface area contributed by atoms with Gasteiger partial charge in [0.2, 0.25) is 5.91 Å². The molecule has 0 aromatic carbocycles. The number of carbonyl (C=O) groups excluding carboxylic acids is 2. The monoisotopic (exact) mass is 204 g/mol. The Morgan fingerprint density at radius 2 is 2.62 bits per heavy atom. The number of aliphatic hydroxyl groups excluding tert-OH is 1. The van der Waals surface area contributed by atoms with Crippen LogP contribution in [0.1, 0.15) is 6.92 Å². The van der Waals surface area contributed by atoms with Gasteiger partial charge in [0, 0.05) is 11.8 Å². The van der Waals surface area contributed by atoms with E-state index in [1.807, 2.05) is 0 Å². The van der Waals surface area contributed by atoms with E-state index in [1.54, 1.807) is 6.92 Å². The summed E-state index contributed by atoms with van der Waals surface area (Å²) in [4.78, 5) is 22.0. The number of hydrogen-bond acceptors (Lipinski definition) is 4. The molecule has 6 heteroatoms. The molecule has 0 saturated carbocycles. The minimum atomic E-state index is -0.452. The van der Waals surface area contributed by atoms with Gasteiger partial charge in [0.05, 0.1) is 6.61 Å². The second kappa shape index (κ2) is 4.48. The minimum Gasteiger partial charge on any atom is -0.394 e. The lowest BCUT2D eigenvalue weighted by molar-refractivity contribution is -0.123. The lowest BCUT2D eigenvalue weighted by atomic mass is 10.3. The molecule has 0 aromatic rings. The zero-order valence-electron chi connectivity index (χ0n) is 7.24. The summed E-state index contributed by atoms with van der Waals surface area (Å²) in [7, 11) is 0. The molecule has 1 aliphatic rings.